The van der Waals surface area contributed by atoms with E-state index in [4.69, 9.17) is 5.11 Å². The van der Waals surface area contributed by atoms with Crippen molar-refractivity contribution in [3.63, 3.8) is 0 Å². The van der Waals surface area contributed by atoms with Crippen molar-refractivity contribution in [2.45, 2.75) is 25.7 Å². The number of pyridine rings is 1. The average molecular weight is 288 g/mol. The van der Waals surface area contributed by atoms with E-state index in [9.17, 15) is 4.79 Å². The molecular weight excluding hydrogens is 268 g/mol. The molecule has 0 aliphatic carbocycles. The second-order valence-corrected chi connectivity index (χ2v) is 5.72. The highest BCUT2D eigenvalue weighted by molar-refractivity contribution is 5.86. The third kappa shape index (κ3) is 2.84. The molecule has 0 unspecified atom stereocenters. The van der Waals surface area contributed by atoms with Gasteiger partial charge in [0.1, 0.15) is 5.52 Å². The molecule has 2 aromatic heterocycles. The van der Waals surface area contributed by atoms with Gasteiger partial charge >= 0.3 is 5.97 Å². The fourth-order valence-corrected chi connectivity index (χ4v) is 3.04. The minimum absolute atomic E-state index is 0.277. The second kappa shape index (κ2) is 5.71. The Kier molecular flexibility index (Phi) is 3.77. The van der Waals surface area contributed by atoms with Gasteiger partial charge in [0.25, 0.3) is 0 Å². The zero-order valence-electron chi connectivity index (χ0n) is 12.2. The number of carboxylic acid groups (broad SMARTS) is 1. The minimum atomic E-state index is -0.697. The number of hydrogen-bond donors (Lipinski definition) is 1. The zero-order chi connectivity index (χ0) is 14.8. The molecule has 112 valence electrons. The van der Waals surface area contributed by atoms with Crippen molar-refractivity contribution in [1.82, 2.24) is 14.5 Å². The Hall–Kier alpha value is -2.11. The van der Waals surface area contributed by atoms with Gasteiger partial charge in [-0.05, 0) is 31.2 Å². The van der Waals surface area contributed by atoms with Crippen LogP contribution in [0.2, 0.25) is 0 Å². The molecule has 0 spiro atoms. The Balaban J connectivity index is 1.70. The number of piperidine rings is 1. The maximum atomic E-state index is 10.6. The molecule has 0 aromatic carbocycles. The molecule has 0 bridgehead atoms. The molecule has 0 atom stereocenters. The lowest BCUT2D eigenvalue weighted by Gasteiger charge is -2.32. The smallest absolute Gasteiger partial charge is 0.303 e. The fourth-order valence-electron chi connectivity index (χ4n) is 3.04. The molecule has 1 N–H and O–H groups in total. The number of rotatable bonds is 4. The molecule has 2 aromatic rings. The van der Waals surface area contributed by atoms with E-state index in [1.54, 1.807) is 0 Å². The van der Waals surface area contributed by atoms with Crippen molar-refractivity contribution in [2.75, 3.05) is 18.0 Å². The van der Waals surface area contributed by atoms with E-state index in [1.165, 1.54) is 0 Å². The number of aromatic nitrogens is 3. The number of carboxylic acids is 1. The van der Waals surface area contributed by atoms with Gasteiger partial charge in [0.15, 0.2) is 5.82 Å². The molecule has 1 aliphatic rings. The summed E-state index contributed by atoms with van der Waals surface area (Å²) < 4.78 is 2.00. The quantitative estimate of drug-likeness (QED) is 0.932. The summed E-state index contributed by atoms with van der Waals surface area (Å²) in [6, 6.07) is 1.98. The van der Waals surface area contributed by atoms with Crippen LogP contribution in [0.4, 0.5) is 5.82 Å². The van der Waals surface area contributed by atoms with Crippen LogP contribution in [0.15, 0.2) is 18.6 Å². The number of nitrogens with zero attached hydrogens (tertiary/aromatic N) is 4. The molecular formula is C15H20N4O2. The van der Waals surface area contributed by atoms with Gasteiger partial charge in [0.2, 0.25) is 0 Å². The van der Waals surface area contributed by atoms with Crippen LogP contribution in [-0.2, 0) is 11.8 Å². The van der Waals surface area contributed by atoms with Crippen LogP contribution in [-0.4, -0.2) is 38.7 Å². The molecule has 0 saturated carbocycles. The first kappa shape index (κ1) is 13.9. The number of aliphatic carboxylic acids is 1. The monoisotopic (exact) mass is 288 g/mol. The molecule has 0 amide bonds. The number of fused-ring (bicyclic) bond motifs is 1. The Bertz CT molecular complexity index is 644. The summed E-state index contributed by atoms with van der Waals surface area (Å²) in [5.74, 6) is 0.766. The highest BCUT2D eigenvalue weighted by Gasteiger charge is 2.22. The van der Waals surface area contributed by atoms with Crippen molar-refractivity contribution in [1.29, 1.82) is 0 Å². The van der Waals surface area contributed by atoms with Gasteiger partial charge in [0.05, 0.1) is 11.8 Å². The molecule has 6 heteroatoms. The van der Waals surface area contributed by atoms with Crippen LogP contribution >= 0.6 is 0 Å². The molecule has 3 rings (SSSR count). The lowest BCUT2D eigenvalue weighted by atomic mass is 9.92. The van der Waals surface area contributed by atoms with Crippen molar-refractivity contribution in [3.8, 4) is 0 Å². The highest BCUT2D eigenvalue weighted by Crippen LogP contribution is 2.28. The van der Waals surface area contributed by atoms with Gasteiger partial charge in [-0.25, -0.2) is 9.97 Å². The van der Waals surface area contributed by atoms with Crippen molar-refractivity contribution >= 4 is 22.8 Å². The Morgan fingerprint density at radius 1 is 1.38 bits per heavy atom. The molecule has 0 radical (unpaired) electrons. The summed E-state index contributed by atoms with van der Waals surface area (Å²) in [7, 11) is 1.98. The van der Waals surface area contributed by atoms with Gasteiger partial charge in [0, 0.05) is 32.8 Å². The van der Waals surface area contributed by atoms with E-state index in [-0.39, 0.29) is 6.42 Å². The fraction of sp³-hybridized carbons (Fsp3) is 0.533. The number of aryl methyl sites for hydroxylation is 1. The van der Waals surface area contributed by atoms with Gasteiger partial charge in [-0.3, -0.25) is 4.79 Å². The number of anilines is 1. The van der Waals surface area contributed by atoms with E-state index in [1.807, 2.05) is 30.2 Å². The van der Waals surface area contributed by atoms with Crippen LogP contribution in [0.5, 0.6) is 0 Å². The summed E-state index contributed by atoms with van der Waals surface area (Å²) in [4.78, 5) is 21.9. The third-order valence-electron chi connectivity index (χ3n) is 4.30. The third-order valence-corrected chi connectivity index (χ3v) is 4.30. The SMILES string of the molecule is Cn1cnc2c(N3CCC(CCC(=O)O)CC3)nccc21. The second-order valence-electron chi connectivity index (χ2n) is 5.72. The van der Waals surface area contributed by atoms with E-state index >= 15 is 0 Å². The maximum absolute atomic E-state index is 10.6. The lowest BCUT2D eigenvalue weighted by molar-refractivity contribution is -0.137. The minimum Gasteiger partial charge on any atom is -0.481 e. The van der Waals surface area contributed by atoms with Crippen molar-refractivity contribution in [3.05, 3.63) is 18.6 Å². The Morgan fingerprint density at radius 3 is 2.86 bits per heavy atom. The first-order valence-corrected chi connectivity index (χ1v) is 7.38. The Morgan fingerprint density at radius 2 is 2.14 bits per heavy atom. The number of hydrogen-bond acceptors (Lipinski definition) is 4. The predicted octanol–water partition coefficient (Wildman–Crippen LogP) is 2.05. The van der Waals surface area contributed by atoms with E-state index < -0.39 is 5.97 Å². The molecule has 3 heterocycles. The van der Waals surface area contributed by atoms with Gasteiger partial charge in [-0.15, -0.1) is 0 Å². The summed E-state index contributed by atoms with van der Waals surface area (Å²) in [5.41, 5.74) is 2.04. The Labute approximate surface area is 123 Å². The molecule has 21 heavy (non-hydrogen) atoms. The van der Waals surface area contributed by atoms with E-state index in [0.717, 1.165) is 49.2 Å². The first-order chi connectivity index (χ1) is 10.1. The van der Waals surface area contributed by atoms with Crippen LogP contribution in [0.1, 0.15) is 25.7 Å². The predicted molar refractivity (Wildman–Crippen MR) is 80.3 cm³/mol. The van der Waals surface area contributed by atoms with Crippen LogP contribution in [0, 0.1) is 5.92 Å². The largest absolute Gasteiger partial charge is 0.481 e. The van der Waals surface area contributed by atoms with Crippen LogP contribution in [0.3, 0.4) is 0 Å². The van der Waals surface area contributed by atoms with Gasteiger partial charge < -0.3 is 14.6 Å². The topological polar surface area (TPSA) is 71.2 Å². The average Bonchev–Trinajstić information content (AvgIpc) is 2.87. The zero-order valence-corrected chi connectivity index (χ0v) is 12.2. The number of imidazole rings is 1. The van der Waals surface area contributed by atoms with E-state index in [0.29, 0.717) is 5.92 Å². The van der Waals surface area contributed by atoms with Gasteiger partial charge in [-0.2, -0.15) is 0 Å². The van der Waals surface area contributed by atoms with Crippen molar-refractivity contribution in [2.24, 2.45) is 13.0 Å². The van der Waals surface area contributed by atoms with E-state index in [2.05, 4.69) is 14.9 Å². The number of carbonyl (C=O) groups is 1. The molecule has 1 saturated heterocycles. The molecule has 6 nitrogen and oxygen atoms in total. The maximum Gasteiger partial charge on any atom is 0.303 e. The van der Waals surface area contributed by atoms with Crippen molar-refractivity contribution < 1.29 is 9.90 Å². The first-order valence-electron chi connectivity index (χ1n) is 7.38. The normalized spacial score (nSPS) is 16.5. The summed E-state index contributed by atoms with van der Waals surface area (Å²) in [6.07, 6.45) is 6.75. The summed E-state index contributed by atoms with van der Waals surface area (Å²) in [5, 5.41) is 8.76. The lowest BCUT2D eigenvalue weighted by Crippen LogP contribution is -2.34. The summed E-state index contributed by atoms with van der Waals surface area (Å²) >= 11 is 0. The molecule has 1 aliphatic heterocycles. The van der Waals surface area contributed by atoms with Crippen LogP contribution in [0.25, 0.3) is 11.0 Å². The highest BCUT2D eigenvalue weighted by atomic mass is 16.4. The standard InChI is InChI=1S/C15H20N4O2/c1-18-10-17-14-12(18)4-7-16-15(14)19-8-5-11(6-9-19)2-3-13(20)21/h4,7,10-11H,2-3,5-6,8-9H2,1H3,(H,20,21). The van der Waals surface area contributed by atoms with Crippen LogP contribution < -0.4 is 4.90 Å². The van der Waals surface area contributed by atoms with Gasteiger partial charge in [-0.1, -0.05) is 0 Å². The molecule has 1 fully saturated rings. The summed E-state index contributed by atoms with van der Waals surface area (Å²) in [6.45, 7) is 1.85.